The summed E-state index contributed by atoms with van der Waals surface area (Å²) in [6.45, 7) is 5.34. The van der Waals surface area contributed by atoms with E-state index in [1.54, 1.807) is 63.4 Å². The molecule has 120 valence electrons. The van der Waals surface area contributed by atoms with Crippen molar-refractivity contribution in [3.05, 3.63) is 66.0 Å². The smallest absolute Gasteiger partial charge is 0.417 e. The maximum absolute atomic E-state index is 12.7. The van der Waals surface area contributed by atoms with Gasteiger partial charge in [0.05, 0.1) is 12.2 Å². The fourth-order valence-electron chi connectivity index (χ4n) is 1.93. The fraction of sp³-hybridized carbons (Fsp3) is 0.278. The molecule has 0 fully saturated rings. The number of hydrogen-bond donors (Lipinski definition) is 0. The van der Waals surface area contributed by atoms with Gasteiger partial charge in [-0.05, 0) is 45.0 Å². The molecular weight excluding hydrogens is 292 g/mol. The van der Waals surface area contributed by atoms with E-state index in [-0.39, 0.29) is 6.54 Å². The topological polar surface area (TPSA) is 59.5 Å². The number of amides is 2. The highest BCUT2D eigenvalue weighted by Crippen LogP contribution is 2.15. The number of carbonyl (C=O) groups is 2. The lowest BCUT2D eigenvalue weighted by Gasteiger charge is -2.26. The van der Waals surface area contributed by atoms with Crippen molar-refractivity contribution >= 4 is 12.0 Å². The Kier molecular flexibility index (Phi) is 5.11. The van der Waals surface area contributed by atoms with Crippen LogP contribution >= 0.6 is 0 Å². The van der Waals surface area contributed by atoms with E-state index in [1.807, 2.05) is 12.1 Å². The van der Waals surface area contributed by atoms with E-state index >= 15 is 0 Å². The molecule has 2 aromatic rings. The second-order valence-electron chi connectivity index (χ2n) is 6.06. The van der Waals surface area contributed by atoms with Crippen molar-refractivity contribution in [2.75, 3.05) is 0 Å². The van der Waals surface area contributed by atoms with Crippen LogP contribution in [-0.2, 0) is 11.3 Å². The van der Waals surface area contributed by atoms with E-state index in [0.29, 0.717) is 11.3 Å². The molecule has 5 heteroatoms. The molecule has 0 saturated carbocycles. The Morgan fingerprint density at radius 3 is 2.26 bits per heavy atom. The van der Waals surface area contributed by atoms with Gasteiger partial charge in [-0.3, -0.25) is 9.78 Å². The summed E-state index contributed by atoms with van der Waals surface area (Å²) in [6, 6.07) is 14.0. The van der Waals surface area contributed by atoms with Gasteiger partial charge in [-0.1, -0.05) is 24.3 Å². The lowest BCUT2D eigenvalue weighted by Crippen LogP contribution is -2.40. The third-order valence-corrected chi connectivity index (χ3v) is 2.93. The average Bonchev–Trinajstić information content (AvgIpc) is 2.52. The van der Waals surface area contributed by atoms with Gasteiger partial charge < -0.3 is 4.74 Å². The summed E-state index contributed by atoms with van der Waals surface area (Å²) in [5.74, 6) is -0.412. The zero-order chi connectivity index (χ0) is 16.9. The maximum Gasteiger partial charge on any atom is 0.417 e. The van der Waals surface area contributed by atoms with Crippen molar-refractivity contribution in [1.82, 2.24) is 9.88 Å². The van der Waals surface area contributed by atoms with Crippen LogP contribution in [0, 0.1) is 0 Å². The molecular formula is C18H20N2O3. The quantitative estimate of drug-likeness (QED) is 0.868. The first-order valence-electron chi connectivity index (χ1n) is 7.36. The minimum absolute atomic E-state index is 0.0590. The van der Waals surface area contributed by atoms with Gasteiger partial charge in [0.1, 0.15) is 5.60 Å². The molecule has 1 aromatic carbocycles. The molecule has 2 amide bonds. The molecule has 0 aliphatic rings. The lowest BCUT2D eigenvalue weighted by atomic mass is 10.2. The molecule has 0 N–H and O–H groups in total. The molecule has 0 radical (unpaired) electrons. The van der Waals surface area contributed by atoms with Gasteiger partial charge in [0, 0.05) is 11.8 Å². The molecule has 1 heterocycles. The van der Waals surface area contributed by atoms with E-state index in [4.69, 9.17) is 4.74 Å². The van der Waals surface area contributed by atoms with Gasteiger partial charge in [-0.15, -0.1) is 0 Å². The lowest BCUT2D eigenvalue weighted by molar-refractivity contribution is 0.0225. The molecule has 0 unspecified atom stereocenters. The normalized spacial score (nSPS) is 10.9. The molecule has 23 heavy (non-hydrogen) atoms. The summed E-state index contributed by atoms with van der Waals surface area (Å²) in [4.78, 5) is 30.4. The molecule has 2 rings (SSSR count). The van der Waals surface area contributed by atoms with Crippen LogP contribution in [0.25, 0.3) is 0 Å². The second kappa shape index (κ2) is 7.05. The fourth-order valence-corrected chi connectivity index (χ4v) is 1.93. The van der Waals surface area contributed by atoms with Gasteiger partial charge in [0.15, 0.2) is 0 Å². The standard InChI is InChI=1S/C18H20N2O3/c1-18(2,3)23-17(22)20(13-15-11-7-8-12-19-15)16(21)14-9-5-4-6-10-14/h4-12H,13H2,1-3H3. The van der Waals surface area contributed by atoms with Crippen molar-refractivity contribution in [3.8, 4) is 0 Å². The number of nitrogens with zero attached hydrogens (tertiary/aromatic N) is 2. The van der Waals surface area contributed by atoms with Crippen LogP contribution in [0.3, 0.4) is 0 Å². The van der Waals surface area contributed by atoms with Crippen LogP contribution in [0.2, 0.25) is 0 Å². The van der Waals surface area contributed by atoms with Gasteiger partial charge in [-0.2, -0.15) is 0 Å². The molecule has 0 aliphatic heterocycles. The summed E-state index contributed by atoms with van der Waals surface area (Å²) in [5, 5.41) is 0. The Labute approximate surface area is 135 Å². The van der Waals surface area contributed by atoms with Crippen molar-refractivity contribution in [2.24, 2.45) is 0 Å². The number of ether oxygens (including phenoxy) is 1. The average molecular weight is 312 g/mol. The Hall–Kier alpha value is -2.69. The Balaban J connectivity index is 2.27. The summed E-state index contributed by atoms with van der Waals surface area (Å²) in [5.41, 5.74) is 0.355. The number of carbonyl (C=O) groups excluding carboxylic acids is 2. The van der Waals surface area contributed by atoms with E-state index in [1.165, 1.54) is 0 Å². The molecule has 1 aromatic heterocycles. The van der Waals surface area contributed by atoms with Crippen molar-refractivity contribution in [1.29, 1.82) is 0 Å². The van der Waals surface area contributed by atoms with Crippen LogP contribution < -0.4 is 0 Å². The zero-order valence-corrected chi connectivity index (χ0v) is 13.5. The van der Waals surface area contributed by atoms with E-state index in [9.17, 15) is 9.59 Å². The summed E-state index contributed by atoms with van der Waals surface area (Å²) in [6.07, 6.45) is 0.937. The van der Waals surface area contributed by atoms with Crippen LogP contribution in [-0.4, -0.2) is 27.5 Å². The largest absolute Gasteiger partial charge is 0.443 e. The SMILES string of the molecule is CC(C)(C)OC(=O)N(Cc1ccccn1)C(=O)c1ccccc1. The molecule has 5 nitrogen and oxygen atoms in total. The zero-order valence-electron chi connectivity index (χ0n) is 13.5. The highest BCUT2D eigenvalue weighted by Gasteiger charge is 2.28. The Morgan fingerprint density at radius 2 is 1.70 bits per heavy atom. The summed E-state index contributed by atoms with van der Waals surface area (Å²) >= 11 is 0. The molecule has 0 aliphatic carbocycles. The number of rotatable bonds is 3. The minimum Gasteiger partial charge on any atom is -0.443 e. The van der Waals surface area contributed by atoms with E-state index in [0.717, 1.165) is 4.90 Å². The third kappa shape index (κ3) is 4.92. The number of pyridine rings is 1. The predicted octanol–water partition coefficient (Wildman–Crippen LogP) is 3.66. The van der Waals surface area contributed by atoms with Crippen molar-refractivity contribution in [2.45, 2.75) is 32.9 Å². The Bertz CT molecular complexity index is 664. The summed E-state index contributed by atoms with van der Waals surface area (Å²) in [7, 11) is 0. The molecule has 0 saturated heterocycles. The first kappa shape index (κ1) is 16.7. The summed E-state index contributed by atoms with van der Waals surface area (Å²) < 4.78 is 5.35. The first-order chi connectivity index (χ1) is 10.9. The molecule has 0 spiro atoms. The van der Waals surface area contributed by atoms with Crippen LogP contribution in [0.15, 0.2) is 54.7 Å². The van der Waals surface area contributed by atoms with E-state index < -0.39 is 17.6 Å². The van der Waals surface area contributed by atoms with Crippen LogP contribution in [0.4, 0.5) is 4.79 Å². The predicted molar refractivity (Wildman–Crippen MR) is 86.8 cm³/mol. The number of aromatic nitrogens is 1. The molecule has 0 bridgehead atoms. The van der Waals surface area contributed by atoms with Crippen molar-refractivity contribution in [3.63, 3.8) is 0 Å². The monoisotopic (exact) mass is 312 g/mol. The molecule has 0 atom stereocenters. The van der Waals surface area contributed by atoms with Gasteiger partial charge in [0.2, 0.25) is 0 Å². The second-order valence-corrected chi connectivity index (χ2v) is 6.06. The Morgan fingerprint density at radius 1 is 1.04 bits per heavy atom. The van der Waals surface area contributed by atoms with Crippen LogP contribution in [0.1, 0.15) is 36.8 Å². The number of benzene rings is 1. The highest BCUT2D eigenvalue weighted by atomic mass is 16.6. The van der Waals surface area contributed by atoms with Gasteiger partial charge in [0.25, 0.3) is 5.91 Å². The number of imide groups is 1. The van der Waals surface area contributed by atoms with E-state index in [2.05, 4.69) is 4.98 Å². The van der Waals surface area contributed by atoms with Gasteiger partial charge >= 0.3 is 6.09 Å². The first-order valence-corrected chi connectivity index (χ1v) is 7.36. The van der Waals surface area contributed by atoms with Crippen molar-refractivity contribution < 1.29 is 14.3 Å². The van der Waals surface area contributed by atoms with Crippen LogP contribution in [0.5, 0.6) is 0 Å². The van der Waals surface area contributed by atoms with Gasteiger partial charge in [-0.25, -0.2) is 9.69 Å². The number of hydrogen-bond acceptors (Lipinski definition) is 4. The maximum atomic E-state index is 12.7. The minimum atomic E-state index is -0.684. The third-order valence-electron chi connectivity index (χ3n) is 2.93. The highest BCUT2D eigenvalue weighted by molar-refractivity contribution is 6.02.